The molecule has 2 rings (SSSR count). The van der Waals surface area contributed by atoms with Crippen molar-refractivity contribution in [3.8, 4) is 0 Å². The van der Waals surface area contributed by atoms with Crippen LogP contribution in [0.3, 0.4) is 0 Å². The van der Waals surface area contributed by atoms with Gasteiger partial charge >= 0.3 is 0 Å². The van der Waals surface area contributed by atoms with Crippen molar-refractivity contribution in [1.82, 2.24) is 0 Å². The number of hydrogen-bond acceptors (Lipinski definition) is 0. The Hall–Kier alpha value is -1.56. The highest BCUT2D eigenvalue weighted by molar-refractivity contribution is 5.17. The van der Waals surface area contributed by atoms with Crippen molar-refractivity contribution in [2.24, 2.45) is 11.8 Å². The first-order valence-electron chi connectivity index (χ1n) is 10.1. The van der Waals surface area contributed by atoms with E-state index in [0.29, 0.717) is 0 Å². The van der Waals surface area contributed by atoms with Gasteiger partial charge in [0.15, 0.2) is 0 Å². The van der Waals surface area contributed by atoms with Crippen LogP contribution in [0.15, 0.2) is 60.7 Å². The molecule has 0 fully saturated rings. The second-order valence-corrected chi connectivity index (χ2v) is 7.43. The fourth-order valence-corrected chi connectivity index (χ4v) is 1.79. The van der Waals surface area contributed by atoms with Crippen LogP contribution in [-0.4, -0.2) is 0 Å². The molecule has 0 saturated heterocycles. The maximum atomic E-state index is 2.22. The van der Waals surface area contributed by atoms with Crippen molar-refractivity contribution in [2.45, 2.75) is 73.6 Å². The summed E-state index contributed by atoms with van der Waals surface area (Å²) in [6.45, 7) is 13.3. The average Bonchev–Trinajstić information content (AvgIpc) is 2.64. The molecule has 2 aromatic rings. The molecule has 0 aliphatic carbocycles. The Kier molecular flexibility index (Phi) is 14.9. The lowest BCUT2D eigenvalue weighted by Crippen LogP contribution is -1.89. The molecule has 0 saturated carbocycles. The van der Waals surface area contributed by atoms with Crippen LogP contribution in [0.5, 0.6) is 0 Å². The number of rotatable bonds is 6. The highest BCUT2D eigenvalue weighted by Gasteiger charge is 1.93. The highest BCUT2D eigenvalue weighted by Crippen LogP contribution is 2.07. The Balaban J connectivity index is 0.000000480. The van der Waals surface area contributed by atoms with E-state index in [1.54, 1.807) is 0 Å². The summed E-state index contributed by atoms with van der Waals surface area (Å²) in [5.74, 6) is 1.77. The molecule has 0 nitrogen and oxygen atoms in total. The zero-order valence-electron chi connectivity index (χ0n) is 17.5. The van der Waals surface area contributed by atoms with Gasteiger partial charge in [0.2, 0.25) is 0 Å². The third-order valence-electron chi connectivity index (χ3n) is 4.25. The monoisotopic (exact) mass is 340 g/mol. The molecule has 0 bridgehead atoms. The predicted octanol–water partition coefficient (Wildman–Crippen LogP) is 7.97. The molecule has 0 radical (unpaired) electrons. The van der Waals surface area contributed by atoms with Gasteiger partial charge in [-0.2, -0.15) is 0 Å². The van der Waals surface area contributed by atoms with Gasteiger partial charge in [-0.05, 0) is 42.2 Å². The number of benzene rings is 2. The summed E-state index contributed by atoms with van der Waals surface area (Å²) in [6, 6.07) is 21.4. The summed E-state index contributed by atoms with van der Waals surface area (Å²) < 4.78 is 0. The van der Waals surface area contributed by atoms with Gasteiger partial charge < -0.3 is 0 Å². The molecule has 0 heteroatoms. The highest BCUT2D eigenvalue weighted by atomic mass is 14.0. The number of hydrogen-bond donors (Lipinski definition) is 0. The molecule has 0 amide bonds. The van der Waals surface area contributed by atoms with E-state index in [4.69, 9.17) is 0 Å². The van der Waals surface area contributed by atoms with E-state index >= 15 is 0 Å². The smallest absolute Gasteiger partial charge is 0.0276 e. The summed E-state index contributed by atoms with van der Waals surface area (Å²) in [6.07, 6.45) is 6.19. The van der Waals surface area contributed by atoms with Gasteiger partial charge in [0.05, 0.1) is 0 Å². The number of aryl methyl sites for hydroxylation is 2. The van der Waals surface area contributed by atoms with Gasteiger partial charge in [-0.3, -0.25) is 0 Å². The normalized spacial score (nSPS) is 9.92. The molecule has 0 spiro atoms. The SMILES string of the molecule is CCC(C)C.CCC(C)C.c1ccc(CCCc2ccccc2)cc1. The second kappa shape index (κ2) is 15.9. The van der Waals surface area contributed by atoms with E-state index in [1.165, 1.54) is 43.2 Å². The summed E-state index contributed by atoms with van der Waals surface area (Å²) in [5, 5.41) is 0. The Morgan fingerprint density at radius 1 is 0.560 bits per heavy atom. The van der Waals surface area contributed by atoms with Crippen LogP contribution in [0.1, 0.15) is 71.9 Å². The predicted molar refractivity (Wildman–Crippen MR) is 115 cm³/mol. The topological polar surface area (TPSA) is 0 Å². The second-order valence-electron chi connectivity index (χ2n) is 7.43. The van der Waals surface area contributed by atoms with Gasteiger partial charge in [0, 0.05) is 0 Å². The van der Waals surface area contributed by atoms with Crippen molar-refractivity contribution in [3.63, 3.8) is 0 Å². The van der Waals surface area contributed by atoms with E-state index in [-0.39, 0.29) is 0 Å². The van der Waals surface area contributed by atoms with Gasteiger partial charge in [0.1, 0.15) is 0 Å². The molecule has 0 atom stereocenters. The average molecular weight is 341 g/mol. The van der Waals surface area contributed by atoms with Crippen LogP contribution >= 0.6 is 0 Å². The fourth-order valence-electron chi connectivity index (χ4n) is 1.79. The fraction of sp³-hybridized carbons (Fsp3) is 0.520. The molecule has 25 heavy (non-hydrogen) atoms. The lowest BCUT2D eigenvalue weighted by molar-refractivity contribution is 0.626. The summed E-state index contributed by atoms with van der Waals surface area (Å²) in [4.78, 5) is 0. The Morgan fingerprint density at radius 2 is 0.840 bits per heavy atom. The van der Waals surface area contributed by atoms with Crippen molar-refractivity contribution in [2.75, 3.05) is 0 Å². The van der Waals surface area contributed by atoms with Crippen molar-refractivity contribution < 1.29 is 0 Å². The minimum Gasteiger partial charge on any atom is -0.0651 e. The molecule has 0 aliphatic rings. The van der Waals surface area contributed by atoms with Crippen LogP contribution in [0.25, 0.3) is 0 Å². The lowest BCUT2D eigenvalue weighted by atomic mass is 10.0. The van der Waals surface area contributed by atoms with E-state index < -0.39 is 0 Å². The summed E-state index contributed by atoms with van der Waals surface area (Å²) in [5.41, 5.74) is 2.88. The molecule has 140 valence electrons. The largest absolute Gasteiger partial charge is 0.0651 e. The third kappa shape index (κ3) is 15.7. The van der Waals surface area contributed by atoms with Crippen LogP contribution < -0.4 is 0 Å². The van der Waals surface area contributed by atoms with Crippen molar-refractivity contribution in [3.05, 3.63) is 71.8 Å². The van der Waals surface area contributed by atoms with Crippen LogP contribution in [0.2, 0.25) is 0 Å². The Labute approximate surface area is 157 Å². The third-order valence-corrected chi connectivity index (χ3v) is 4.25. The van der Waals surface area contributed by atoms with Crippen molar-refractivity contribution in [1.29, 1.82) is 0 Å². The lowest BCUT2D eigenvalue weighted by Gasteiger charge is -2.01. The first kappa shape index (κ1) is 23.4. The molecule has 0 aliphatic heterocycles. The Morgan fingerprint density at radius 3 is 1.08 bits per heavy atom. The van der Waals surface area contributed by atoms with E-state index in [1.807, 2.05) is 0 Å². The maximum absolute atomic E-state index is 2.22. The van der Waals surface area contributed by atoms with Crippen LogP contribution in [-0.2, 0) is 12.8 Å². The maximum Gasteiger partial charge on any atom is -0.0276 e. The molecule has 0 heterocycles. The quantitative estimate of drug-likeness (QED) is 0.500. The standard InChI is InChI=1S/C15H16.2C5H12/c1-3-8-14(9-4-1)12-7-13-15-10-5-2-6-11-15;2*1-4-5(2)3/h1-6,8-11H,7,12-13H2;2*5H,4H2,1-3H3. The molecule has 0 N–H and O–H groups in total. The van der Waals surface area contributed by atoms with Crippen molar-refractivity contribution >= 4 is 0 Å². The molecule has 0 unspecified atom stereocenters. The first-order chi connectivity index (χ1) is 12.0. The van der Waals surface area contributed by atoms with Gasteiger partial charge in [0.25, 0.3) is 0 Å². The summed E-state index contributed by atoms with van der Waals surface area (Å²) in [7, 11) is 0. The Bertz CT molecular complexity index is 434. The summed E-state index contributed by atoms with van der Waals surface area (Å²) >= 11 is 0. The van der Waals surface area contributed by atoms with Crippen LogP contribution in [0.4, 0.5) is 0 Å². The zero-order valence-corrected chi connectivity index (χ0v) is 17.5. The van der Waals surface area contributed by atoms with Gasteiger partial charge in [-0.1, -0.05) is 115 Å². The van der Waals surface area contributed by atoms with Gasteiger partial charge in [-0.15, -0.1) is 0 Å². The van der Waals surface area contributed by atoms with Crippen LogP contribution in [0, 0.1) is 11.8 Å². The zero-order chi connectivity index (χ0) is 18.9. The minimum absolute atomic E-state index is 0.884. The molecule has 0 aromatic heterocycles. The molecular weight excluding hydrogens is 300 g/mol. The minimum atomic E-state index is 0.884. The van der Waals surface area contributed by atoms with E-state index in [0.717, 1.165) is 11.8 Å². The van der Waals surface area contributed by atoms with E-state index in [2.05, 4.69) is 102 Å². The molecule has 2 aromatic carbocycles. The first-order valence-corrected chi connectivity index (χ1v) is 10.1. The van der Waals surface area contributed by atoms with Gasteiger partial charge in [-0.25, -0.2) is 0 Å². The van der Waals surface area contributed by atoms with E-state index in [9.17, 15) is 0 Å². The molecular formula is C25H40.